The van der Waals surface area contributed by atoms with Crippen molar-refractivity contribution in [3.8, 4) is 5.75 Å². The van der Waals surface area contributed by atoms with Crippen molar-refractivity contribution in [2.24, 2.45) is 10.5 Å². The van der Waals surface area contributed by atoms with Crippen molar-refractivity contribution >= 4 is 23.2 Å². The molecule has 2 rings (SSSR count). The molecule has 25 heavy (non-hydrogen) atoms. The van der Waals surface area contributed by atoms with Gasteiger partial charge in [0, 0.05) is 23.6 Å². The summed E-state index contributed by atoms with van der Waals surface area (Å²) in [5.41, 5.74) is 3.72. The number of rotatable bonds is 6. The summed E-state index contributed by atoms with van der Waals surface area (Å²) in [6, 6.07) is 5.45. The number of hydrogen-bond donors (Lipinski definition) is 1. The van der Waals surface area contributed by atoms with Crippen molar-refractivity contribution in [1.82, 2.24) is 5.43 Å². The van der Waals surface area contributed by atoms with Gasteiger partial charge in [-0.25, -0.2) is 5.43 Å². The topological polar surface area (TPSA) is 71.0 Å². The van der Waals surface area contributed by atoms with E-state index in [1.165, 1.54) is 0 Å². The molecule has 2 amide bonds. The highest BCUT2D eigenvalue weighted by molar-refractivity contribution is 6.54. The molecule has 1 aliphatic rings. The van der Waals surface area contributed by atoms with E-state index in [9.17, 15) is 9.59 Å². The van der Waals surface area contributed by atoms with E-state index in [1.807, 2.05) is 12.1 Å². The lowest BCUT2D eigenvalue weighted by atomic mass is 9.96. The summed E-state index contributed by atoms with van der Waals surface area (Å²) in [7, 11) is 1.60. The van der Waals surface area contributed by atoms with Crippen LogP contribution in [0, 0.1) is 5.41 Å². The fraction of sp³-hybridized carbons (Fsp3) is 0.526. The Morgan fingerprint density at radius 3 is 2.60 bits per heavy atom. The van der Waals surface area contributed by atoms with Crippen molar-refractivity contribution in [3.05, 3.63) is 23.8 Å². The van der Waals surface area contributed by atoms with Gasteiger partial charge in [0.15, 0.2) is 5.71 Å². The molecule has 136 valence electrons. The first kappa shape index (κ1) is 19.0. The zero-order chi connectivity index (χ0) is 18.6. The number of benzene rings is 1. The quantitative estimate of drug-likeness (QED) is 0.636. The van der Waals surface area contributed by atoms with Crippen LogP contribution in [-0.2, 0) is 9.59 Å². The van der Waals surface area contributed by atoms with Crippen LogP contribution in [0.1, 0.15) is 52.5 Å². The predicted octanol–water partition coefficient (Wildman–Crippen LogP) is 3.10. The number of nitrogens with zero attached hydrogens (tertiary/aromatic N) is 2. The zero-order valence-corrected chi connectivity index (χ0v) is 15.7. The Morgan fingerprint density at radius 2 is 2.00 bits per heavy atom. The van der Waals surface area contributed by atoms with Crippen molar-refractivity contribution < 1.29 is 14.3 Å². The fourth-order valence-corrected chi connectivity index (χ4v) is 2.54. The van der Waals surface area contributed by atoms with Gasteiger partial charge >= 0.3 is 0 Å². The molecule has 1 aromatic rings. The maximum Gasteiger partial charge on any atom is 0.279 e. The molecular formula is C19H27N3O3. The van der Waals surface area contributed by atoms with Gasteiger partial charge in [-0.2, -0.15) is 5.10 Å². The first-order chi connectivity index (χ1) is 11.8. The third-order valence-corrected chi connectivity index (χ3v) is 4.13. The number of amides is 2. The van der Waals surface area contributed by atoms with E-state index in [4.69, 9.17) is 4.74 Å². The Hall–Kier alpha value is -2.37. The first-order valence-electron chi connectivity index (χ1n) is 8.68. The Balaban J connectivity index is 2.33. The maximum absolute atomic E-state index is 12.8. The summed E-state index contributed by atoms with van der Waals surface area (Å²) < 4.78 is 5.28. The van der Waals surface area contributed by atoms with Crippen LogP contribution in [0.5, 0.6) is 5.75 Å². The van der Waals surface area contributed by atoms with Gasteiger partial charge in [-0.15, -0.1) is 0 Å². The van der Waals surface area contributed by atoms with Gasteiger partial charge in [0.2, 0.25) is 5.91 Å². The molecule has 0 bridgehead atoms. The van der Waals surface area contributed by atoms with E-state index in [1.54, 1.807) is 38.8 Å². The molecular weight excluding hydrogens is 318 g/mol. The number of nitrogens with one attached hydrogen (secondary N) is 1. The lowest BCUT2D eigenvalue weighted by molar-refractivity contribution is -0.128. The lowest BCUT2D eigenvalue weighted by Gasteiger charge is -2.17. The van der Waals surface area contributed by atoms with Gasteiger partial charge < -0.3 is 9.64 Å². The molecule has 0 fully saturated rings. The molecule has 0 aliphatic carbocycles. The number of hydrazone groups is 1. The molecule has 1 heterocycles. The summed E-state index contributed by atoms with van der Waals surface area (Å²) in [6.45, 7) is 8.15. The van der Waals surface area contributed by atoms with Gasteiger partial charge in [-0.05, 0) is 18.6 Å². The fourth-order valence-electron chi connectivity index (χ4n) is 2.54. The number of methoxy groups -OCH3 is 1. The van der Waals surface area contributed by atoms with E-state index >= 15 is 0 Å². The number of unbranched alkanes of at least 4 members (excludes halogenated alkanes) is 2. The molecule has 0 saturated carbocycles. The van der Waals surface area contributed by atoms with Crippen LogP contribution >= 0.6 is 0 Å². The molecule has 0 saturated heterocycles. The average molecular weight is 345 g/mol. The average Bonchev–Trinajstić information content (AvgIpc) is 2.83. The minimum atomic E-state index is -0.574. The van der Waals surface area contributed by atoms with Crippen LogP contribution in [0.2, 0.25) is 0 Å². The number of anilines is 1. The number of hydrogen-bond acceptors (Lipinski definition) is 4. The van der Waals surface area contributed by atoms with Crippen LogP contribution in [0.4, 0.5) is 5.69 Å². The maximum atomic E-state index is 12.8. The number of fused-ring (bicyclic) bond motifs is 1. The summed E-state index contributed by atoms with van der Waals surface area (Å²) in [6.07, 6.45) is 3.05. The Bertz CT molecular complexity index is 690. The highest BCUT2D eigenvalue weighted by Gasteiger charge is 2.34. The van der Waals surface area contributed by atoms with E-state index < -0.39 is 5.41 Å². The first-order valence-corrected chi connectivity index (χ1v) is 8.68. The zero-order valence-electron chi connectivity index (χ0n) is 15.7. The summed E-state index contributed by atoms with van der Waals surface area (Å²) >= 11 is 0. The summed E-state index contributed by atoms with van der Waals surface area (Å²) in [4.78, 5) is 26.6. The normalized spacial score (nSPS) is 15.5. The highest BCUT2D eigenvalue weighted by Crippen LogP contribution is 2.33. The number of carbonyl (C=O) groups excluding carboxylic acids is 2. The minimum Gasteiger partial charge on any atom is -0.497 e. The smallest absolute Gasteiger partial charge is 0.279 e. The van der Waals surface area contributed by atoms with Gasteiger partial charge in [0.25, 0.3) is 5.91 Å². The molecule has 0 spiro atoms. The second kappa shape index (κ2) is 7.68. The van der Waals surface area contributed by atoms with Gasteiger partial charge in [-0.3, -0.25) is 9.59 Å². The standard InChI is InChI=1S/C19H27N3O3/c1-6-7-8-11-22-15-12-13(25-5)9-10-14(15)16(17(22)23)20-21-18(24)19(2,3)4/h9-10,12H,6-8,11H2,1-5H3,(H,21,24)/b20-16-. The van der Waals surface area contributed by atoms with Crippen molar-refractivity contribution in [2.75, 3.05) is 18.6 Å². The Morgan fingerprint density at radius 1 is 1.28 bits per heavy atom. The molecule has 1 N–H and O–H groups in total. The molecule has 6 heteroatoms. The SMILES string of the molecule is CCCCCN1C(=O)/C(=N\NC(=O)C(C)(C)C)c2ccc(OC)cc21. The van der Waals surface area contributed by atoms with Gasteiger partial charge in [0.1, 0.15) is 5.75 Å². The van der Waals surface area contributed by atoms with Crippen LogP contribution in [0.15, 0.2) is 23.3 Å². The number of carbonyl (C=O) groups is 2. The number of ether oxygens (including phenoxy) is 1. The highest BCUT2D eigenvalue weighted by atomic mass is 16.5. The molecule has 0 atom stereocenters. The second-order valence-corrected chi connectivity index (χ2v) is 7.20. The van der Waals surface area contributed by atoms with Crippen LogP contribution in [0.25, 0.3) is 0 Å². The van der Waals surface area contributed by atoms with E-state index in [0.29, 0.717) is 12.3 Å². The molecule has 1 aromatic carbocycles. The van der Waals surface area contributed by atoms with Gasteiger partial charge in [-0.1, -0.05) is 40.5 Å². The largest absolute Gasteiger partial charge is 0.497 e. The second-order valence-electron chi connectivity index (χ2n) is 7.20. The monoisotopic (exact) mass is 345 g/mol. The molecule has 6 nitrogen and oxygen atoms in total. The third-order valence-electron chi connectivity index (χ3n) is 4.13. The van der Waals surface area contributed by atoms with E-state index in [2.05, 4.69) is 17.5 Å². The molecule has 0 unspecified atom stereocenters. The molecule has 0 radical (unpaired) electrons. The summed E-state index contributed by atoms with van der Waals surface area (Å²) in [5.74, 6) is 0.271. The minimum absolute atomic E-state index is 0.187. The van der Waals surface area contributed by atoms with Crippen molar-refractivity contribution in [2.45, 2.75) is 47.0 Å². The van der Waals surface area contributed by atoms with Crippen molar-refractivity contribution in [3.63, 3.8) is 0 Å². The summed E-state index contributed by atoms with van der Waals surface area (Å²) in [5, 5.41) is 4.13. The van der Waals surface area contributed by atoms with E-state index in [-0.39, 0.29) is 17.5 Å². The molecule has 0 aromatic heterocycles. The Labute approximate surface area is 149 Å². The lowest BCUT2D eigenvalue weighted by Crippen LogP contribution is -2.35. The van der Waals surface area contributed by atoms with Crippen LogP contribution in [0.3, 0.4) is 0 Å². The third kappa shape index (κ3) is 4.18. The van der Waals surface area contributed by atoms with Crippen LogP contribution < -0.4 is 15.1 Å². The van der Waals surface area contributed by atoms with Crippen LogP contribution in [-0.4, -0.2) is 31.2 Å². The van der Waals surface area contributed by atoms with Crippen molar-refractivity contribution in [1.29, 1.82) is 0 Å². The van der Waals surface area contributed by atoms with E-state index in [0.717, 1.165) is 30.5 Å². The Kier molecular flexibility index (Phi) is 5.82. The molecule has 1 aliphatic heterocycles. The van der Waals surface area contributed by atoms with Gasteiger partial charge in [0.05, 0.1) is 12.8 Å². The predicted molar refractivity (Wildman–Crippen MR) is 99.0 cm³/mol.